The Morgan fingerprint density at radius 2 is 1.81 bits per heavy atom. The van der Waals surface area contributed by atoms with Crippen molar-refractivity contribution in [2.45, 2.75) is 17.4 Å². The van der Waals surface area contributed by atoms with E-state index >= 15 is 0 Å². The molecule has 0 bridgehead atoms. The second-order valence-electron chi connectivity index (χ2n) is 5.04. The van der Waals surface area contributed by atoms with E-state index < -0.39 is 0 Å². The van der Waals surface area contributed by atoms with Gasteiger partial charge in [0.1, 0.15) is 0 Å². The van der Waals surface area contributed by atoms with Crippen LogP contribution in [0.4, 0.5) is 0 Å². The molecule has 0 aliphatic rings. The molecule has 3 aromatic rings. The first-order chi connectivity index (χ1) is 10.3. The third-order valence-corrected chi connectivity index (χ3v) is 4.53. The Kier molecular flexibility index (Phi) is 4.23. The Morgan fingerprint density at radius 3 is 2.67 bits per heavy atom. The molecule has 0 aliphatic carbocycles. The lowest BCUT2D eigenvalue weighted by atomic mass is 9.97. The number of hydrogen-bond donors (Lipinski definition) is 1. The Bertz CT molecular complexity index is 750. The molecule has 106 valence electrons. The minimum atomic E-state index is -0.000504. The predicted octanol–water partition coefficient (Wildman–Crippen LogP) is 4.20. The van der Waals surface area contributed by atoms with Gasteiger partial charge in [0.05, 0.1) is 5.52 Å². The lowest BCUT2D eigenvalue weighted by Gasteiger charge is -2.16. The summed E-state index contributed by atoms with van der Waals surface area (Å²) in [6, 6.07) is 18.7. The van der Waals surface area contributed by atoms with Crippen LogP contribution in [0.15, 0.2) is 65.7 Å². The zero-order chi connectivity index (χ0) is 14.7. The first kappa shape index (κ1) is 14.1. The fourth-order valence-electron chi connectivity index (χ4n) is 2.65. The van der Waals surface area contributed by atoms with Gasteiger partial charge in [0.25, 0.3) is 0 Å². The molecule has 0 fully saturated rings. The highest BCUT2D eigenvalue weighted by Crippen LogP contribution is 2.28. The van der Waals surface area contributed by atoms with Crippen LogP contribution in [-0.2, 0) is 6.42 Å². The van der Waals surface area contributed by atoms with Crippen molar-refractivity contribution >= 4 is 22.7 Å². The first-order valence-electron chi connectivity index (χ1n) is 7.00. The van der Waals surface area contributed by atoms with Crippen LogP contribution in [0.5, 0.6) is 0 Å². The highest BCUT2D eigenvalue weighted by atomic mass is 32.2. The van der Waals surface area contributed by atoms with Gasteiger partial charge in [0, 0.05) is 22.5 Å². The topological polar surface area (TPSA) is 38.9 Å². The smallest absolute Gasteiger partial charge is 0.0704 e. The number of aromatic nitrogens is 1. The van der Waals surface area contributed by atoms with Crippen LogP contribution >= 0.6 is 11.8 Å². The van der Waals surface area contributed by atoms with Crippen molar-refractivity contribution in [1.29, 1.82) is 0 Å². The van der Waals surface area contributed by atoms with Crippen LogP contribution < -0.4 is 5.73 Å². The van der Waals surface area contributed by atoms with Crippen molar-refractivity contribution in [3.8, 4) is 0 Å². The summed E-state index contributed by atoms with van der Waals surface area (Å²) < 4.78 is 0. The molecule has 2 N–H and O–H groups in total. The molecular formula is C18H18N2S. The maximum absolute atomic E-state index is 6.46. The van der Waals surface area contributed by atoms with Crippen molar-refractivity contribution in [2.24, 2.45) is 5.73 Å². The summed E-state index contributed by atoms with van der Waals surface area (Å²) >= 11 is 1.75. The molecule has 0 saturated heterocycles. The number of nitrogens with two attached hydrogens (primary N) is 1. The number of pyridine rings is 1. The van der Waals surface area contributed by atoms with Crippen molar-refractivity contribution in [2.75, 3.05) is 6.26 Å². The molecule has 1 aromatic heterocycles. The molecule has 0 saturated carbocycles. The second-order valence-corrected chi connectivity index (χ2v) is 5.89. The fraction of sp³-hybridized carbons (Fsp3) is 0.167. The zero-order valence-corrected chi connectivity index (χ0v) is 12.8. The fourth-order valence-corrected chi connectivity index (χ4v) is 3.32. The Hall–Kier alpha value is -1.84. The van der Waals surface area contributed by atoms with Gasteiger partial charge in [-0.1, -0.05) is 36.4 Å². The Labute approximate surface area is 129 Å². The summed E-state index contributed by atoms with van der Waals surface area (Å²) in [5, 5.41) is 1.19. The van der Waals surface area contributed by atoms with Crippen LogP contribution in [0.2, 0.25) is 0 Å². The minimum absolute atomic E-state index is 0.000504. The number of rotatable bonds is 4. The highest BCUT2D eigenvalue weighted by molar-refractivity contribution is 7.98. The average molecular weight is 294 g/mol. The molecule has 0 amide bonds. The third kappa shape index (κ3) is 2.94. The number of benzene rings is 2. The molecular weight excluding hydrogens is 276 g/mol. The summed E-state index contributed by atoms with van der Waals surface area (Å²) in [5.41, 5.74) is 9.96. The van der Waals surface area contributed by atoms with Gasteiger partial charge in [-0.25, -0.2) is 0 Å². The lowest BCUT2D eigenvalue weighted by Crippen LogP contribution is -2.14. The van der Waals surface area contributed by atoms with Gasteiger partial charge >= 0.3 is 0 Å². The largest absolute Gasteiger partial charge is 0.324 e. The zero-order valence-electron chi connectivity index (χ0n) is 12.0. The van der Waals surface area contributed by atoms with Crippen LogP contribution in [-0.4, -0.2) is 11.2 Å². The molecule has 3 rings (SSSR count). The third-order valence-electron chi connectivity index (χ3n) is 3.72. The molecule has 0 spiro atoms. The normalized spacial score (nSPS) is 12.5. The summed E-state index contributed by atoms with van der Waals surface area (Å²) in [4.78, 5) is 5.66. The van der Waals surface area contributed by atoms with Crippen LogP contribution in [0.1, 0.15) is 17.2 Å². The van der Waals surface area contributed by atoms with E-state index in [9.17, 15) is 0 Å². The van der Waals surface area contributed by atoms with E-state index in [4.69, 9.17) is 5.73 Å². The summed E-state index contributed by atoms with van der Waals surface area (Å²) in [6.07, 6.45) is 4.78. The molecule has 3 heteroatoms. The van der Waals surface area contributed by atoms with Crippen molar-refractivity contribution in [1.82, 2.24) is 4.98 Å². The van der Waals surface area contributed by atoms with Crippen molar-refractivity contribution in [3.63, 3.8) is 0 Å². The monoisotopic (exact) mass is 294 g/mol. The quantitative estimate of drug-likeness (QED) is 0.733. The number of nitrogens with zero attached hydrogens (tertiary/aromatic N) is 1. The molecule has 2 aromatic carbocycles. The Balaban J connectivity index is 1.95. The van der Waals surface area contributed by atoms with Gasteiger partial charge in [-0.2, -0.15) is 0 Å². The summed E-state index contributed by atoms with van der Waals surface area (Å²) in [5.74, 6) is 0. The SMILES string of the molecule is CSc1ccccc1C(N)Cc1ccnc2ccccc12. The Morgan fingerprint density at radius 1 is 1.05 bits per heavy atom. The summed E-state index contributed by atoms with van der Waals surface area (Å²) in [7, 11) is 0. The number of hydrogen-bond acceptors (Lipinski definition) is 3. The molecule has 0 aliphatic heterocycles. The molecule has 1 unspecified atom stereocenters. The minimum Gasteiger partial charge on any atom is -0.324 e. The molecule has 1 atom stereocenters. The van der Waals surface area contributed by atoms with Gasteiger partial charge in [0.15, 0.2) is 0 Å². The van der Waals surface area contributed by atoms with Gasteiger partial charge in [0.2, 0.25) is 0 Å². The standard InChI is InChI=1S/C18H18N2S/c1-21-18-9-5-3-7-15(18)16(19)12-13-10-11-20-17-8-4-2-6-14(13)17/h2-11,16H,12,19H2,1H3. The maximum atomic E-state index is 6.46. The van der Waals surface area contributed by atoms with Crippen molar-refractivity contribution < 1.29 is 0 Å². The molecule has 21 heavy (non-hydrogen) atoms. The summed E-state index contributed by atoms with van der Waals surface area (Å²) in [6.45, 7) is 0. The van der Waals surface area contributed by atoms with E-state index in [1.807, 2.05) is 18.3 Å². The molecule has 1 heterocycles. The first-order valence-corrected chi connectivity index (χ1v) is 8.23. The molecule has 2 nitrogen and oxygen atoms in total. The molecule has 0 radical (unpaired) electrons. The van der Waals surface area contributed by atoms with Crippen LogP contribution in [0, 0.1) is 0 Å². The van der Waals surface area contributed by atoms with E-state index in [1.165, 1.54) is 21.4 Å². The lowest BCUT2D eigenvalue weighted by molar-refractivity contribution is 0.710. The van der Waals surface area contributed by atoms with Crippen LogP contribution in [0.3, 0.4) is 0 Å². The van der Waals surface area contributed by atoms with Crippen LogP contribution in [0.25, 0.3) is 10.9 Å². The number of thioether (sulfide) groups is 1. The van der Waals surface area contributed by atoms with E-state index in [1.54, 1.807) is 11.8 Å². The average Bonchev–Trinajstić information content (AvgIpc) is 2.55. The van der Waals surface area contributed by atoms with E-state index in [2.05, 4.69) is 53.7 Å². The second kappa shape index (κ2) is 6.29. The number of fused-ring (bicyclic) bond motifs is 1. The van der Waals surface area contributed by atoms with E-state index in [0.29, 0.717) is 0 Å². The van der Waals surface area contributed by atoms with Gasteiger partial charge in [-0.3, -0.25) is 4.98 Å². The van der Waals surface area contributed by atoms with Gasteiger partial charge in [-0.15, -0.1) is 11.8 Å². The van der Waals surface area contributed by atoms with Gasteiger partial charge < -0.3 is 5.73 Å². The van der Waals surface area contributed by atoms with E-state index in [0.717, 1.165) is 11.9 Å². The highest BCUT2D eigenvalue weighted by Gasteiger charge is 2.12. The van der Waals surface area contributed by atoms with E-state index in [-0.39, 0.29) is 6.04 Å². The predicted molar refractivity (Wildman–Crippen MR) is 90.6 cm³/mol. The van der Waals surface area contributed by atoms with Gasteiger partial charge in [-0.05, 0) is 42.0 Å². The number of para-hydroxylation sites is 1. The van der Waals surface area contributed by atoms with Crippen molar-refractivity contribution in [3.05, 3.63) is 71.9 Å². The maximum Gasteiger partial charge on any atom is 0.0704 e.